The monoisotopic (exact) mass is 281 g/mol. The summed E-state index contributed by atoms with van der Waals surface area (Å²) in [7, 11) is 1.50. The van der Waals surface area contributed by atoms with Gasteiger partial charge < -0.3 is 14.8 Å². The molecular formula is C16H24FNO2. The lowest BCUT2D eigenvalue weighted by Crippen LogP contribution is -2.39. The van der Waals surface area contributed by atoms with Crippen LogP contribution in [0, 0.1) is 11.2 Å². The Morgan fingerprint density at radius 3 is 2.85 bits per heavy atom. The maximum Gasteiger partial charge on any atom is 0.168 e. The van der Waals surface area contributed by atoms with Crippen molar-refractivity contribution in [2.45, 2.75) is 32.7 Å². The minimum absolute atomic E-state index is 0.0164. The number of rotatable bonds is 6. The van der Waals surface area contributed by atoms with Gasteiger partial charge in [0.2, 0.25) is 0 Å². The molecule has 0 amide bonds. The third-order valence-electron chi connectivity index (χ3n) is 3.90. The van der Waals surface area contributed by atoms with Crippen LogP contribution in [-0.4, -0.2) is 32.9 Å². The summed E-state index contributed by atoms with van der Waals surface area (Å²) in [5, 5.41) is 3.46. The molecule has 20 heavy (non-hydrogen) atoms. The predicted octanol–water partition coefficient (Wildman–Crippen LogP) is 2.78. The maximum atomic E-state index is 14.3. The fourth-order valence-corrected chi connectivity index (χ4v) is 2.67. The van der Waals surface area contributed by atoms with E-state index in [2.05, 4.69) is 19.2 Å². The Morgan fingerprint density at radius 2 is 2.25 bits per heavy atom. The zero-order valence-electron chi connectivity index (χ0n) is 12.5. The summed E-state index contributed by atoms with van der Waals surface area (Å²) in [4.78, 5) is 0. The van der Waals surface area contributed by atoms with Gasteiger partial charge in [-0.05, 0) is 24.5 Å². The van der Waals surface area contributed by atoms with Gasteiger partial charge in [-0.2, -0.15) is 0 Å². The third kappa shape index (κ3) is 3.49. The lowest BCUT2D eigenvalue weighted by molar-refractivity contribution is 0.147. The van der Waals surface area contributed by atoms with Gasteiger partial charge in [0.25, 0.3) is 0 Å². The van der Waals surface area contributed by atoms with Crippen LogP contribution in [0.2, 0.25) is 0 Å². The number of methoxy groups -OCH3 is 1. The second-order valence-corrected chi connectivity index (χ2v) is 5.95. The van der Waals surface area contributed by atoms with Crippen LogP contribution in [0.5, 0.6) is 5.75 Å². The summed E-state index contributed by atoms with van der Waals surface area (Å²) >= 11 is 0. The predicted molar refractivity (Wildman–Crippen MR) is 77.7 cm³/mol. The third-order valence-corrected chi connectivity index (χ3v) is 3.90. The maximum absolute atomic E-state index is 14.3. The molecule has 4 heteroatoms. The van der Waals surface area contributed by atoms with Gasteiger partial charge in [-0.15, -0.1) is 0 Å². The molecule has 0 radical (unpaired) electrons. The summed E-state index contributed by atoms with van der Waals surface area (Å²) in [6, 6.07) is 5.76. The van der Waals surface area contributed by atoms with Crippen molar-refractivity contribution in [1.82, 2.24) is 5.32 Å². The van der Waals surface area contributed by atoms with E-state index in [0.717, 1.165) is 19.6 Å². The highest BCUT2D eigenvalue weighted by Gasteiger charge is 2.36. The van der Waals surface area contributed by atoms with Crippen LogP contribution in [0.3, 0.4) is 0 Å². The molecule has 1 N–H and O–H groups in total. The minimum atomic E-state index is -0.245. The lowest BCUT2D eigenvalue weighted by atomic mass is 9.80. The summed E-state index contributed by atoms with van der Waals surface area (Å²) in [5.74, 6) is 0.0687. The average molecular weight is 281 g/mol. The van der Waals surface area contributed by atoms with Crippen LogP contribution >= 0.6 is 0 Å². The molecule has 0 aromatic heterocycles. The largest absolute Gasteiger partial charge is 0.494 e. The molecule has 2 rings (SSSR count). The van der Waals surface area contributed by atoms with Crippen molar-refractivity contribution < 1.29 is 13.9 Å². The molecule has 1 atom stereocenters. The van der Waals surface area contributed by atoms with Gasteiger partial charge in [0, 0.05) is 24.6 Å². The Labute approximate surface area is 120 Å². The lowest BCUT2D eigenvalue weighted by Gasteiger charge is -2.29. The summed E-state index contributed by atoms with van der Waals surface area (Å²) in [6.45, 7) is 6.53. The molecule has 3 nitrogen and oxygen atoms in total. The van der Waals surface area contributed by atoms with Gasteiger partial charge in [-0.25, -0.2) is 4.39 Å². The van der Waals surface area contributed by atoms with Crippen molar-refractivity contribution in [3.05, 3.63) is 29.6 Å². The number of benzene rings is 1. The highest BCUT2D eigenvalue weighted by molar-refractivity contribution is 5.32. The molecule has 1 aliphatic rings. The Kier molecular flexibility index (Phi) is 5.00. The highest BCUT2D eigenvalue weighted by atomic mass is 19.1. The minimum Gasteiger partial charge on any atom is -0.494 e. The van der Waals surface area contributed by atoms with Gasteiger partial charge >= 0.3 is 0 Å². The van der Waals surface area contributed by atoms with E-state index in [9.17, 15) is 4.39 Å². The van der Waals surface area contributed by atoms with Gasteiger partial charge in [-0.1, -0.05) is 26.0 Å². The molecule has 0 bridgehead atoms. The smallest absolute Gasteiger partial charge is 0.168 e. The second-order valence-electron chi connectivity index (χ2n) is 5.95. The Morgan fingerprint density at radius 1 is 1.45 bits per heavy atom. The quantitative estimate of drug-likeness (QED) is 0.869. The van der Waals surface area contributed by atoms with Crippen LogP contribution in [-0.2, 0) is 11.2 Å². The number of ether oxygens (including phenoxy) is 2. The van der Waals surface area contributed by atoms with E-state index in [4.69, 9.17) is 9.47 Å². The van der Waals surface area contributed by atoms with E-state index >= 15 is 0 Å². The zero-order valence-corrected chi connectivity index (χ0v) is 12.5. The van der Waals surface area contributed by atoms with Crippen molar-refractivity contribution in [2.75, 3.05) is 26.9 Å². The molecule has 1 aromatic carbocycles. The molecule has 1 heterocycles. The Hall–Kier alpha value is -1.13. The molecule has 1 saturated heterocycles. The van der Waals surface area contributed by atoms with Crippen LogP contribution in [0.25, 0.3) is 0 Å². The normalized spacial score (nSPS) is 22.4. The molecule has 1 aromatic rings. The number of halogens is 1. The standard InChI is InChI=1S/C16H24FNO2/c1-12(2)18-10-16(7-8-20-11-16)9-13-5-4-6-14(19-3)15(13)17/h4-6,12,18H,7-11H2,1-3H3. The molecule has 1 fully saturated rings. The van der Waals surface area contributed by atoms with Crippen molar-refractivity contribution in [3.63, 3.8) is 0 Å². The van der Waals surface area contributed by atoms with Crippen LogP contribution < -0.4 is 10.1 Å². The van der Waals surface area contributed by atoms with Gasteiger partial charge in [0.15, 0.2) is 11.6 Å². The number of hydrogen-bond donors (Lipinski definition) is 1. The SMILES string of the molecule is COc1cccc(CC2(CNC(C)C)CCOC2)c1F. The first-order valence-corrected chi connectivity index (χ1v) is 7.19. The van der Waals surface area contributed by atoms with Crippen LogP contribution in [0.4, 0.5) is 4.39 Å². The van der Waals surface area contributed by atoms with Crippen LogP contribution in [0.15, 0.2) is 18.2 Å². The van der Waals surface area contributed by atoms with Crippen molar-refractivity contribution in [1.29, 1.82) is 0 Å². The first-order chi connectivity index (χ1) is 9.56. The first kappa shape index (κ1) is 15.3. The van der Waals surface area contributed by atoms with Crippen molar-refractivity contribution >= 4 is 0 Å². The summed E-state index contributed by atoms with van der Waals surface area (Å²) in [6.07, 6.45) is 1.64. The number of hydrogen-bond acceptors (Lipinski definition) is 3. The Bertz CT molecular complexity index is 442. The fraction of sp³-hybridized carbons (Fsp3) is 0.625. The molecular weight excluding hydrogens is 257 g/mol. The van der Waals surface area contributed by atoms with E-state index in [1.165, 1.54) is 7.11 Å². The highest BCUT2D eigenvalue weighted by Crippen LogP contribution is 2.34. The molecule has 1 aliphatic heterocycles. The first-order valence-electron chi connectivity index (χ1n) is 7.19. The second kappa shape index (κ2) is 6.55. The average Bonchev–Trinajstić information content (AvgIpc) is 2.88. The number of nitrogens with one attached hydrogen (secondary N) is 1. The molecule has 0 spiro atoms. The summed E-state index contributed by atoms with van der Waals surface area (Å²) < 4.78 is 24.9. The Balaban J connectivity index is 2.16. The van der Waals surface area contributed by atoms with E-state index in [1.807, 2.05) is 12.1 Å². The van der Waals surface area contributed by atoms with Crippen LogP contribution in [0.1, 0.15) is 25.8 Å². The van der Waals surface area contributed by atoms with E-state index in [0.29, 0.717) is 30.4 Å². The zero-order chi connectivity index (χ0) is 14.6. The van der Waals surface area contributed by atoms with Gasteiger partial charge in [0.1, 0.15) is 0 Å². The fourth-order valence-electron chi connectivity index (χ4n) is 2.67. The molecule has 0 aliphatic carbocycles. The summed E-state index contributed by atoms with van der Waals surface area (Å²) in [5.41, 5.74) is 0.692. The van der Waals surface area contributed by atoms with E-state index in [-0.39, 0.29) is 11.2 Å². The molecule has 1 unspecified atom stereocenters. The van der Waals surface area contributed by atoms with Crippen molar-refractivity contribution in [2.24, 2.45) is 5.41 Å². The van der Waals surface area contributed by atoms with E-state index in [1.54, 1.807) is 6.07 Å². The van der Waals surface area contributed by atoms with Crippen molar-refractivity contribution in [3.8, 4) is 5.75 Å². The molecule has 112 valence electrons. The molecule has 0 saturated carbocycles. The van der Waals surface area contributed by atoms with Gasteiger partial charge in [0.05, 0.1) is 13.7 Å². The van der Waals surface area contributed by atoms with E-state index < -0.39 is 0 Å². The topological polar surface area (TPSA) is 30.5 Å². The van der Waals surface area contributed by atoms with Gasteiger partial charge in [-0.3, -0.25) is 0 Å².